The molecule has 0 atom stereocenters. The fourth-order valence-electron chi connectivity index (χ4n) is 2.60. The summed E-state index contributed by atoms with van der Waals surface area (Å²) in [7, 11) is 0. The molecule has 0 radical (unpaired) electrons. The van der Waals surface area contributed by atoms with Gasteiger partial charge >= 0.3 is 0 Å². The molecule has 19 heavy (non-hydrogen) atoms. The number of Topliss-reactive ketones (excluding diaryl/α,β-unsaturated/α-hetero) is 1. The van der Waals surface area contributed by atoms with Gasteiger partial charge in [-0.05, 0) is 38.1 Å². The van der Waals surface area contributed by atoms with Crippen LogP contribution in [0.1, 0.15) is 24.8 Å². The molecule has 1 saturated heterocycles. The Labute approximate surface area is 117 Å². The first kappa shape index (κ1) is 12.8. The van der Waals surface area contributed by atoms with Crippen LogP contribution in [-0.2, 0) is 11.2 Å². The number of nitrogens with zero attached hydrogens (tertiary/aromatic N) is 1. The average molecular weight is 274 g/mol. The Morgan fingerprint density at radius 1 is 1.37 bits per heavy atom. The molecule has 0 amide bonds. The Morgan fingerprint density at radius 3 is 2.84 bits per heavy atom. The largest absolute Gasteiger partial charge is 0.317 e. The topological polar surface area (TPSA) is 42.0 Å². The molecule has 2 heterocycles. The number of carbonyl (C=O) groups excluding carboxylic acids is 1. The Hall–Kier alpha value is -1.26. The maximum absolute atomic E-state index is 12.5. The summed E-state index contributed by atoms with van der Waals surface area (Å²) in [5.41, 5.74) is 0.842. The van der Waals surface area contributed by atoms with Crippen LogP contribution in [0.3, 0.4) is 0 Å². The predicted molar refractivity (Wildman–Crippen MR) is 78.5 cm³/mol. The van der Waals surface area contributed by atoms with E-state index < -0.39 is 0 Å². The SMILES string of the molecule is CC1(C(=O)Cc2nc3ccccc3s2)CCNCC1. The zero-order valence-electron chi connectivity index (χ0n) is 11.1. The van der Waals surface area contributed by atoms with Gasteiger partial charge in [-0.2, -0.15) is 0 Å². The Morgan fingerprint density at radius 2 is 2.11 bits per heavy atom. The van der Waals surface area contributed by atoms with Gasteiger partial charge in [0.1, 0.15) is 10.8 Å². The number of benzene rings is 1. The molecule has 0 spiro atoms. The maximum Gasteiger partial charge on any atom is 0.145 e. The maximum atomic E-state index is 12.5. The van der Waals surface area contributed by atoms with Crippen LogP contribution in [0, 0.1) is 5.41 Å². The minimum absolute atomic E-state index is 0.164. The number of hydrogen-bond donors (Lipinski definition) is 1. The van der Waals surface area contributed by atoms with E-state index in [0.29, 0.717) is 12.2 Å². The van der Waals surface area contributed by atoms with Gasteiger partial charge in [0.25, 0.3) is 0 Å². The van der Waals surface area contributed by atoms with E-state index in [2.05, 4.69) is 23.3 Å². The van der Waals surface area contributed by atoms with Gasteiger partial charge in [-0.25, -0.2) is 4.98 Å². The number of piperidine rings is 1. The number of ketones is 1. The summed E-state index contributed by atoms with van der Waals surface area (Å²) < 4.78 is 1.17. The molecule has 0 unspecified atom stereocenters. The highest BCUT2D eigenvalue weighted by molar-refractivity contribution is 7.18. The van der Waals surface area contributed by atoms with Crippen molar-refractivity contribution in [3.05, 3.63) is 29.3 Å². The molecule has 1 aliphatic heterocycles. The minimum atomic E-state index is -0.164. The molecule has 1 N–H and O–H groups in total. The van der Waals surface area contributed by atoms with Crippen molar-refractivity contribution in [1.29, 1.82) is 0 Å². The van der Waals surface area contributed by atoms with E-state index in [4.69, 9.17) is 0 Å². The van der Waals surface area contributed by atoms with Crippen LogP contribution in [0.5, 0.6) is 0 Å². The smallest absolute Gasteiger partial charge is 0.145 e. The Balaban J connectivity index is 1.78. The number of rotatable bonds is 3. The highest BCUT2D eigenvalue weighted by Gasteiger charge is 2.34. The summed E-state index contributed by atoms with van der Waals surface area (Å²) in [5, 5.41) is 4.26. The third-order valence-corrected chi connectivity index (χ3v) is 5.07. The number of carbonyl (C=O) groups is 1. The fraction of sp³-hybridized carbons (Fsp3) is 0.467. The molecule has 1 aliphatic rings. The van der Waals surface area contributed by atoms with Crippen LogP contribution < -0.4 is 5.32 Å². The summed E-state index contributed by atoms with van der Waals surface area (Å²) in [5.74, 6) is 0.341. The molecule has 1 fully saturated rings. The number of nitrogens with one attached hydrogen (secondary N) is 1. The third kappa shape index (κ3) is 2.55. The summed E-state index contributed by atoms with van der Waals surface area (Å²) in [6.45, 7) is 3.99. The van der Waals surface area contributed by atoms with Gasteiger partial charge in [-0.1, -0.05) is 19.1 Å². The molecule has 0 aliphatic carbocycles. The van der Waals surface area contributed by atoms with Crippen LogP contribution in [0.15, 0.2) is 24.3 Å². The monoisotopic (exact) mass is 274 g/mol. The van der Waals surface area contributed by atoms with E-state index >= 15 is 0 Å². The van der Waals surface area contributed by atoms with Crippen LogP contribution in [-0.4, -0.2) is 23.9 Å². The van der Waals surface area contributed by atoms with Gasteiger partial charge in [0.2, 0.25) is 0 Å². The number of hydrogen-bond acceptors (Lipinski definition) is 4. The first-order chi connectivity index (χ1) is 9.17. The first-order valence-corrected chi connectivity index (χ1v) is 7.57. The zero-order valence-corrected chi connectivity index (χ0v) is 11.9. The van der Waals surface area contributed by atoms with Crippen LogP contribution in [0.2, 0.25) is 0 Å². The van der Waals surface area contributed by atoms with Gasteiger partial charge in [-0.3, -0.25) is 4.79 Å². The molecule has 2 aromatic rings. The van der Waals surface area contributed by atoms with Crippen LogP contribution >= 0.6 is 11.3 Å². The van der Waals surface area contributed by atoms with Crippen molar-refractivity contribution in [2.45, 2.75) is 26.2 Å². The van der Waals surface area contributed by atoms with Crippen LogP contribution in [0.25, 0.3) is 10.2 Å². The van der Waals surface area contributed by atoms with E-state index in [-0.39, 0.29) is 5.41 Å². The second-order valence-corrected chi connectivity index (χ2v) is 6.60. The van der Waals surface area contributed by atoms with Gasteiger partial charge < -0.3 is 5.32 Å². The zero-order chi connectivity index (χ0) is 13.3. The van der Waals surface area contributed by atoms with Crippen molar-refractivity contribution in [3.8, 4) is 0 Å². The van der Waals surface area contributed by atoms with Gasteiger partial charge in [0.05, 0.1) is 16.6 Å². The summed E-state index contributed by atoms with van der Waals surface area (Å²) >= 11 is 1.64. The third-order valence-electron chi connectivity index (χ3n) is 4.03. The van der Waals surface area contributed by atoms with Gasteiger partial charge in [0, 0.05) is 5.41 Å². The molecular weight excluding hydrogens is 256 g/mol. The number of fused-ring (bicyclic) bond motifs is 1. The molecule has 3 rings (SSSR count). The highest BCUT2D eigenvalue weighted by atomic mass is 32.1. The van der Waals surface area contributed by atoms with E-state index in [9.17, 15) is 4.79 Å². The Kier molecular flexibility index (Phi) is 3.37. The van der Waals surface area contributed by atoms with E-state index in [0.717, 1.165) is 36.5 Å². The molecule has 0 saturated carbocycles. The standard InChI is InChI=1S/C15H18N2OS/c1-15(6-8-16-9-7-15)13(18)10-14-17-11-4-2-3-5-12(11)19-14/h2-5,16H,6-10H2,1H3. The van der Waals surface area contributed by atoms with Gasteiger partial charge in [0.15, 0.2) is 0 Å². The fourth-order valence-corrected chi connectivity index (χ4v) is 3.57. The molecule has 1 aromatic heterocycles. The Bertz CT molecular complexity index is 566. The van der Waals surface area contributed by atoms with Crippen molar-refractivity contribution in [2.24, 2.45) is 5.41 Å². The summed E-state index contributed by atoms with van der Waals surface area (Å²) in [6.07, 6.45) is 2.36. The van der Waals surface area contributed by atoms with Crippen molar-refractivity contribution >= 4 is 27.3 Å². The van der Waals surface area contributed by atoms with Gasteiger partial charge in [-0.15, -0.1) is 11.3 Å². The van der Waals surface area contributed by atoms with Crippen molar-refractivity contribution < 1.29 is 4.79 Å². The quantitative estimate of drug-likeness (QED) is 0.936. The van der Waals surface area contributed by atoms with E-state index in [1.165, 1.54) is 4.70 Å². The molecule has 100 valence electrons. The molecule has 1 aromatic carbocycles. The van der Waals surface area contributed by atoms with Crippen molar-refractivity contribution in [3.63, 3.8) is 0 Å². The number of thiazole rings is 1. The van der Waals surface area contributed by atoms with Crippen LogP contribution in [0.4, 0.5) is 0 Å². The van der Waals surface area contributed by atoms with E-state index in [1.54, 1.807) is 11.3 Å². The minimum Gasteiger partial charge on any atom is -0.317 e. The summed E-state index contributed by atoms with van der Waals surface area (Å²) in [6, 6.07) is 8.07. The molecule has 0 bridgehead atoms. The van der Waals surface area contributed by atoms with Crippen molar-refractivity contribution in [2.75, 3.05) is 13.1 Å². The lowest BCUT2D eigenvalue weighted by molar-refractivity contribution is -0.128. The molecular formula is C15H18N2OS. The lowest BCUT2D eigenvalue weighted by atomic mass is 9.76. The normalized spacial score (nSPS) is 18.6. The second-order valence-electron chi connectivity index (χ2n) is 5.49. The highest BCUT2D eigenvalue weighted by Crippen LogP contribution is 2.31. The van der Waals surface area contributed by atoms with Crippen molar-refractivity contribution in [1.82, 2.24) is 10.3 Å². The second kappa shape index (κ2) is 5.02. The molecule has 3 nitrogen and oxygen atoms in total. The lowest BCUT2D eigenvalue weighted by Gasteiger charge is -2.32. The first-order valence-electron chi connectivity index (χ1n) is 6.76. The number of para-hydroxylation sites is 1. The number of aromatic nitrogens is 1. The molecule has 4 heteroatoms. The average Bonchev–Trinajstić information content (AvgIpc) is 2.81. The van der Waals surface area contributed by atoms with E-state index in [1.807, 2.05) is 18.2 Å². The predicted octanol–water partition coefficient (Wildman–Crippen LogP) is 2.80. The summed E-state index contributed by atoms with van der Waals surface area (Å²) in [4.78, 5) is 17.1. The lowest BCUT2D eigenvalue weighted by Crippen LogP contribution is -2.40.